The summed E-state index contributed by atoms with van der Waals surface area (Å²) in [6.07, 6.45) is 8.55. The second-order valence-electron chi connectivity index (χ2n) is 10.2. The Morgan fingerprint density at radius 1 is 1.30 bits per heavy atom. The van der Waals surface area contributed by atoms with Gasteiger partial charge in [-0.1, -0.05) is 6.92 Å². The third-order valence-electron chi connectivity index (χ3n) is 7.67. The van der Waals surface area contributed by atoms with Crippen molar-refractivity contribution in [2.75, 3.05) is 25.5 Å². The molecule has 192 valence electrons. The Kier molecular flexibility index (Phi) is 6.20. The summed E-state index contributed by atoms with van der Waals surface area (Å²) in [5.74, 6) is 1.59. The Morgan fingerprint density at radius 2 is 2.19 bits per heavy atom. The van der Waals surface area contributed by atoms with E-state index in [1.807, 2.05) is 17.7 Å². The van der Waals surface area contributed by atoms with Crippen LogP contribution in [0.25, 0.3) is 28.2 Å². The molecular weight excluding hydrogens is 536 g/mol. The average molecular weight is 565 g/mol. The first-order chi connectivity index (χ1) is 17.9. The number of nitrogens with zero attached hydrogens (tertiary/aromatic N) is 5. The molecule has 4 heterocycles. The van der Waals surface area contributed by atoms with Gasteiger partial charge in [0.1, 0.15) is 10.9 Å². The first-order valence-corrected chi connectivity index (χ1v) is 13.4. The van der Waals surface area contributed by atoms with Gasteiger partial charge in [0.25, 0.3) is 0 Å². The normalized spacial score (nSPS) is 23.5. The summed E-state index contributed by atoms with van der Waals surface area (Å²) in [4.78, 5) is 26.1. The number of hydrogen-bond donors (Lipinski definition) is 3. The molecule has 0 unspecified atom stereocenters. The molecule has 3 aromatic heterocycles. The van der Waals surface area contributed by atoms with Gasteiger partial charge in [0, 0.05) is 36.8 Å². The molecule has 3 N–H and O–H groups in total. The molecule has 3 atom stereocenters. The standard InChI is InChI=1S/C26H29BrN8O2/c1-26(24(36)28-2)7-5-16(12-26)32-25-31-14-20-21(27)34-35(22(20)33-25)17-3-4-18(23-30-9-10-37-23)19(11-17)15-6-8-29-13-15/h3-4,9-11,14-16,29H,5-8,12-13H2,1-2H3,(H,28,36)(H,31,32,33)/t15-,16-,26-/m1/s1. The van der Waals surface area contributed by atoms with Crippen LogP contribution in [-0.4, -0.2) is 56.8 Å². The van der Waals surface area contributed by atoms with Gasteiger partial charge >= 0.3 is 0 Å². The molecule has 1 aromatic carbocycles. The van der Waals surface area contributed by atoms with Gasteiger partial charge in [-0.2, -0.15) is 10.1 Å². The minimum Gasteiger partial charge on any atom is -0.445 e. The lowest BCUT2D eigenvalue weighted by Gasteiger charge is -2.22. The number of amides is 1. The van der Waals surface area contributed by atoms with E-state index in [9.17, 15) is 4.79 Å². The van der Waals surface area contributed by atoms with E-state index in [2.05, 4.69) is 54.0 Å². The zero-order valence-corrected chi connectivity index (χ0v) is 22.4. The van der Waals surface area contributed by atoms with Crippen molar-refractivity contribution in [2.24, 2.45) is 5.41 Å². The second-order valence-corrected chi connectivity index (χ2v) is 10.9. The van der Waals surface area contributed by atoms with Gasteiger partial charge in [0.05, 0.1) is 17.3 Å². The molecule has 0 bridgehead atoms. The van der Waals surface area contributed by atoms with E-state index in [1.165, 1.54) is 5.56 Å². The van der Waals surface area contributed by atoms with E-state index in [1.54, 1.807) is 25.7 Å². The van der Waals surface area contributed by atoms with Crippen molar-refractivity contribution in [2.45, 2.75) is 44.6 Å². The molecule has 1 saturated carbocycles. The largest absolute Gasteiger partial charge is 0.445 e. The summed E-state index contributed by atoms with van der Waals surface area (Å²) >= 11 is 3.59. The molecule has 1 saturated heterocycles. The molecule has 6 rings (SSSR count). The Labute approximate surface area is 222 Å². The lowest BCUT2D eigenvalue weighted by molar-refractivity contribution is -0.129. The molecule has 4 aromatic rings. The molecule has 2 aliphatic rings. The van der Waals surface area contributed by atoms with E-state index >= 15 is 0 Å². The summed E-state index contributed by atoms with van der Waals surface area (Å²) in [7, 11) is 1.69. The number of benzene rings is 1. The maximum atomic E-state index is 12.3. The minimum atomic E-state index is -0.378. The third kappa shape index (κ3) is 4.40. The van der Waals surface area contributed by atoms with Crippen LogP contribution in [0.3, 0.4) is 0 Å². The number of hydrogen-bond acceptors (Lipinski definition) is 8. The van der Waals surface area contributed by atoms with Crippen LogP contribution in [0.5, 0.6) is 0 Å². The predicted octanol–water partition coefficient (Wildman–Crippen LogP) is 4.03. The topological polar surface area (TPSA) is 123 Å². The molecule has 10 nitrogen and oxygen atoms in total. The van der Waals surface area contributed by atoms with Crippen molar-refractivity contribution in [3.05, 3.63) is 47.0 Å². The maximum Gasteiger partial charge on any atom is 0.226 e. The van der Waals surface area contributed by atoms with Crippen LogP contribution in [0, 0.1) is 5.41 Å². The van der Waals surface area contributed by atoms with Crippen molar-refractivity contribution in [1.82, 2.24) is 35.4 Å². The highest BCUT2D eigenvalue weighted by atomic mass is 79.9. The van der Waals surface area contributed by atoms with Crippen LogP contribution in [-0.2, 0) is 4.79 Å². The van der Waals surface area contributed by atoms with Crippen molar-refractivity contribution >= 4 is 38.8 Å². The van der Waals surface area contributed by atoms with Gasteiger partial charge in [0.2, 0.25) is 17.7 Å². The summed E-state index contributed by atoms with van der Waals surface area (Å²) in [5, 5.41) is 15.3. The number of halogens is 1. The molecule has 0 spiro atoms. The van der Waals surface area contributed by atoms with Crippen LogP contribution in [0.2, 0.25) is 0 Å². The Balaban J connectivity index is 1.35. The molecule has 0 radical (unpaired) electrons. The highest BCUT2D eigenvalue weighted by Gasteiger charge is 2.41. The first kappa shape index (κ1) is 24.1. The van der Waals surface area contributed by atoms with E-state index < -0.39 is 0 Å². The summed E-state index contributed by atoms with van der Waals surface area (Å²) in [6, 6.07) is 6.36. The highest BCUT2D eigenvalue weighted by molar-refractivity contribution is 9.10. The maximum absolute atomic E-state index is 12.3. The van der Waals surface area contributed by atoms with Crippen LogP contribution < -0.4 is 16.0 Å². The van der Waals surface area contributed by atoms with Crippen molar-refractivity contribution in [3.63, 3.8) is 0 Å². The van der Waals surface area contributed by atoms with Crippen LogP contribution in [0.15, 0.2) is 45.9 Å². The van der Waals surface area contributed by atoms with E-state index in [0.29, 0.717) is 28.0 Å². The van der Waals surface area contributed by atoms with Gasteiger partial charge in [-0.25, -0.2) is 14.6 Å². The van der Waals surface area contributed by atoms with Crippen LogP contribution in [0.4, 0.5) is 5.95 Å². The fraction of sp³-hybridized carbons (Fsp3) is 0.423. The van der Waals surface area contributed by atoms with E-state index in [0.717, 1.165) is 55.4 Å². The Morgan fingerprint density at radius 3 is 2.95 bits per heavy atom. The molecule has 1 aliphatic heterocycles. The second kappa shape index (κ2) is 9.53. The van der Waals surface area contributed by atoms with Gasteiger partial charge < -0.3 is 20.4 Å². The fourth-order valence-corrected chi connectivity index (χ4v) is 6.10. The SMILES string of the molecule is CNC(=O)[C@]1(C)CC[C@@H](Nc2ncc3c(Br)nn(-c4ccc(-c5ncco5)c([C@@H]5CCNC5)c4)c3n2)C1. The molecular formula is C26H29BrN8O2. The lowest BCUT2D eigenvalue weighted by Crippen LogP contribution is -2.35. The van der Waals surface area contributed by atoms with Gasteiger partial charge in [-0.3, -0.25) is 4.79 Å². The number of rotatable bonds is 6. The van der Waals surface area contributed by atoms with E-state index in [4.69, 9.17) is 14.5 Å². The zero-order valence-electron chi connectivity index (χ0n) is 20.8. The molecule has 2 fully saturated rings. The molecule has 1 aliphatic carbocycles. The number of nitrogens with one attached hydrogen (secondary N) is 3. The number of fused-ring (bicyclic) bond motifs is 1. The quantitative estimate of drug-likeness (QED) is 0.321. The van der Waals surface area contributed by atoms with Crippen LogP contribution >= 0.6 is 15.9 Å². The first-order valence-electron chi connectivity index (χ1n) is 12.6. The number of aromatic nitrogens is 5. The van der Waals surface area contributed by atoms with Crippen molar-refractivity contribution in [3.8, 4) is 17.1 Å². The van der Waals surface area contributed by atoms with E-state index in [-0.39, 0.29) is 17.4 Å². The number of carbonyl (C=O) groups is 1. The third-order valence-corrected chi connectivity index (χ3v) is 8.26. The van der Waals surface area contributed by atoms with Crippen LogP contribution in [0.1, 0.15) is 44.1 Å². The molecule has 37 heavy (non-hydrogen) atoms. The van der Waals surface area contributed by atoms with Gasteiger partial charge in [-0.15, -0.1) is 0 Å². The monoisotopic (exact) mass is 564 g/mol. The lowest BCUT2D eigenvalue weighted by atomic mass is 9.87. The Bertz CT molecular complexity index is 1450. The van der Waals surface area contributed by atoms with Gasteiger partial charge in [0.15, 0.2) is 5.65 Å². The summed E-state index contributed by atoms with van der Waals surface area (Å²) in [5.41, 5.74) is 3.41. The summed E-state index contributed by atoms with van der Waals surface area (Å²) < 4.78 is 8.17. The average Bonchev–Trinajstić information content (AvgIpc) is 3.72. The number of oxazole rings is 1. The van der Waals surface area contributed by atoms with Crippen molar-refractivity contribution < 1.29 is 9.21 Å². The summed E-state index contributed by atoms with van der Waals surface area (Å²) in [6.45, 7) is 3.91. The molecule has 1 amide bonds. The van der Waals surface area contributed by atoms with Gasteiger partial charge in [-0.05, 0) is 77.8 Å². The highest BCUT2D eigenvalue weighted by Crippen LogP contribution is 2.39. The minimum absolute atomic E-state index is 0.0802. The fourth-order valence-electron chi connectivity index (χ4n) is 5.66. The Hall–Kier alpha value is -3.31. The molecule has 11 heteroatoms. The number of anilines is 1. The number of carbonyl (C=O) groups excluding carboxylic acids is 1. The smallest absolute Gasteiger partial charge is 0.226 e. The zero-order chi connectivity index (χ0) is 25.6. The predicted molar refractivity (Wildman–Crippen MR) is 144 cm³/mol. The van der Waals surface area contributed by atoms with Crippen molar-refractivity contribution in [1.29, 1.82) is 0 Å².